The Bertz CT molecular complexity index is 784. The van der Waals surface area contributed by atoms with E-state index in [1.165, 1.54) is 11.8 Å². The first-order valence-electron chi connectivity index (χ1n) is 6.85. The number of anilines is 1. The quantitative estimate of drug-likeness (QED) is 0.586. The van der Waals surface area contributed by atoms with E-state index in [1.807, 2.05) is 0 Å². The highest BCUT2D eigenvalue weighted by molar-refractivity contribution is 7.99. The van der Waals surface area contributed by atoms with E-state index in [-0.39, 0.29) is 16.5 Å². The first-order valence-corrected chi connectivity index (χ1v) is 9.14. The molecule has 9 heteroatoms. The van der Waals surface area contributed by atoms with E-state index in [1.54, 1.807) is 18.2 Å². The van der Waals surface area contributed by atoms with Gasteiger partial charge in [-0.2, -0.15) is 13.2 Å². The molecule has 1 N–H and O–H groups in total. The van der Waals surface area contributed by atoms with Crippen molar-refractivity contribution in [1.82, 2.24) is 0 Å². The van der Waals surface area contributed by atoms with Gasteiger partial charge < -0.3 is 5.32 Å². The average Bonchev–Trinajstić information content (AvgIpc) is 2.52. The fraction of sp³-hybridized carbons (Fsp3) is 0.188. The molecular formula is C16H11Cl3F3NOS. The predicted molar refractivity (Wildman–Crippen MR) is 97.7 cm³/mol. The monoisotopic (exact) mass is 427 g/mol. The molecule has 0 aliphatic rings. The van der Waals surface area contributed by atoms with Gasteiger partial charge in [-0.05, 0) is 35.9 Å². The molecule has 0 atom stereocenters. The van der Waals surface area contributed by atoms with Crippen molar-refractivity contribution < 1.29 is 18.0 Å². The fourth-order valence-electron chi connectivity index (χ4n) is 1.87. The Morgan fingerprint density at radius 2 is 1.68 bits per heavy atom. The molecule has 0 radical (unpaired) electrons. The van der Waals surface area contributed by atoms with Crippen molar-refractivity contribution in [2.24, 2.45) is 0 Å². The Hall–Kier alpha value is -1.08. The first-order chi connectivity index (χ1) is 11.7. The van der Waals surface area contributed by atoms with Crippen LogP contribution in [0.4, 0.5) is 18.9 Å². The van der Waals surface area contributed by atoms with Crippen LogP contribution in [0.25, 0.3) is 0 Å². The second-order valence-corrected chi connectivity index (χ2v) is 7.19. The summed E-state index contributed by atoms with van der Waals surface area (Å²) in [7, 11) is 0. The molecule has 0 aliphatic carbocycles. The average molecular weight is 429 g/mol. The number of halogens is 6. The molecular weight excluding hydrogens is 418 g/mol. The van der Waals surface area contributed by atoms with Gasteiger partial charge in [0.25, 0.3) is 0 Å². The lowest BCUT2D eigenvalue weighted by molar-refractivity contribution is -0.137. The van der Waals surface area contributed by atoms with E-state index in [0.717, 1.165) is 23.8 Å². The number of amides is 1. The van der Waals surface area contributed by atoms with Crippen molar-refractivity contribution in [2.75, 3.05) is 11.1 Å². The largest absolute Gasteiger partial charge is 0.416 e. The van der Waals surface area contributed by atoms with E-state index in [4.69, 9.17) is 34.8 Å². The summed E-state index contributed by atoms with van der Waals surface area (Å²) >= 11 is 18.8. The van der Waals surface area contributed by atoms with E-state index in [9.17, 15) is 18.0 Å². The van der Waals surface area contributed by atoms with Gasteiger partial charge in [0.05, 0.1) is 32.1 Å². The van der Waals surface area contributed by atoms with Crippen molar-refractivity contribution in [3.05, 3.63) is 62.6 Å². The number of carbonyl (C=O) groups is 1. The first kappa shape index (κ1) is 20.2. The lowest BCUT2D eigenvalue weighted by atomic mass is 10.2. The highest BCUT2D eigenvalue weighted by atomic mass is 35.5. The molecule has 0 aliphatic heterocycles. The van der Waals surface area contributed by atoms with E-state index < -0.39 is 17.6 Å². The van der Waals surface area contributed by atoms with Crippen molar-refractivity contribution in [2.45, 2.75) is 11.9 Å². The molecule has 1 amide bonds. The van der Waals surface area contributed by atoms with E-state index in [2.05, 4.69) is 5.32 Å². The molecule has 0 aromatic heterocycles. The van der Waals surface area contributed by atoms with Crippen LogP contribution >= 0.6 is 46.6 Å². The van der Waals surface area contributed by atoms with Crippen LogP contribution in [0.3, 0.4) is 0 Å². The Morgan fingerprint density at radius 1 is 1.00 bits per heavy atom. The molecule has 0 saturated carbocycles. The topological polar surface area (TPSA) is 29.1 Å². The zero-order chi connectivity index (χ0) is 18.6. The molecule has 0 bridgehead atoms. The zero-order valence-corrected chi connectivity index (χ0v) is 15.5. The number of nitrogens with one attached hydrogen (secondary N) is 1. The molecule has 0 saturated heterocycles. The number of benzene rings is 2. The third-order valence-corrected chi connectivity index (χ3v) is 5.13. The fourth-order valence-corrected chi connectivity index (χ4v) is 3.14. The summed E-state index contributed by atoms with van der Waals surface area (Å²) in [6.07, 6.45) is -4.51. The van der Waals surface area contributed by atoms with Crippen LogP contribution < -0.4 is 5.32 Å². The van der Waals surface area contributed by atoms with Crippen LogP contribution in [0, 0.1) is 0 Å². The van der Waals surface area contributed by atoms with Crippen molar-refractivity contribution >= 4 is 58.2 Å². The summed E-state index contributed by atoms with van der Waals surface area (Å²) in [5.74, 6) is 0.0965. The van der Waals surface area contributed by atoms with Gasteiger partial charge in [-0.25, -0.2) is 0 Å². The second kappa shape index (κ2) is 8.54. The van der Waals surface area contributed by atoms with Gasteiger partial charge in [0.2, 0.25) is 5.91 Å². The highest BCUT2D eigenvalue weighted by Crippen LogP contribution is 2.34. The van der Waals surface area contributed by atoms with Gasteiger partial charge in [0.1, 0.15) is 0 Å². The SMILES string of the molecule is O=C(CSCc1ccc(Cl)c(Cl)c1)Nc1cc(C(F)(F)F)ccc1Cl. The maximum absolute atomic E-state index is 12.7. The number of hydrogen-bond acceptors (Lipinski definition) is 2. The number of rotatable bonds is 5. The maximum atomic E-state index is 12.7. The summed E-state index contributed by atoms with van der Waals surface area (Å²) < 4.78 is 38.1. The Balaban J connectivity index is 1.93. The molecule has 2 aromatic carbocycles. The summed E-state index contributed by atoms with van der Waals surface area (Å²) in [5, 5.41) is 3.28. The van der Waals surface area contributed by atoms with Crippen molar-refractivity contribution in [3.8, 4) is 0 Å². The summed E-state index contributed by atoms with van der Waals surface area (Å²) in [6.45, 7) is 0. The summed E-state index contributed by atoms with van der Waals surface area (Å²) in [4.78, 5) is 11.9. The van der Waals surface area contributed by atoms with Crippen molar-refractivity contribution in [3.63, 3.8) is 0 Å². The van der Waals surface area contributed by atoms with Crippen molar-refractivity contribution in [1.29, 1.82) is 0 Å². The lowest BCUT2D eigenvalue weighted by Crippen LogP contribution is -2.15. The molecule has 0 unspecified atom stereocenters. The minimum atomic E-state index is -4.51. The van der Waals surface area contributed by atoms with Crippen LogP contribution in [0.5, 0.6) is 0 Å². The third kappa shape index (κ3) is 5.99. The molecule has 25 heavy (non-hydrogen) atoms. The van der Waals surface area contributed by atoms with Crippen LogP contribution in [0.15, 0.2) is 36.4 Å². The Morgan fingerprint density at radius 3 is 2.32 bits per heavy atom. The molecule has 0 fully saturated rings. The Labute approximate surface area is 161 Å². The highest BCUT2D eigenvalue weighted by Gasteiger charge is 2.31. The van der Waals surface area contributed by atoms with Gasteiger partial charge in [-0.15, -0.1) is 11.8 Å². The molecule has 0 heterocycles. The predicted octanol–water partition coefficient (Wildman–Crippen LogP) is 6.54. The van der Waals surface area contributed by atoms with E-state index in [0.29, 0.717) is 15.8 Å². The molecule has 2 nitrogen and oxygen atoms in total. The summed E-state index contributed by atoms with van der Waals surface area (Å²) in [5.41, 5.74) is -0.0726. The van der Waals surface area contributed by atoms with Crippen LogP contribution in [-0.4, -0.2) is 11.7 Å². The Kier molecular flexibility index (Phi) is 6.91. The zero-order valence-electron chi connectivity index (χ0n) is 12.5. The second-order valence-electron chi connectivity index (χ2n) is 4.98. The smallest absolute Gasteiger partial charge is 0.324 e. The summed E-state index contributed by atoms with van der Waals surface area (Å²) in [6, 6.07) is 7.90. The lowest BCUT2D eigenvalue weighted by Gasteiger charge is -2.11. The third-order valence-electron chi connectivity index (χ3n) is 3.05. The van der Waals surface area contributed by atoms with Gasteiger partial charge in [0.15, 0.2) is 0 Å². The number of alkyl halides is 3. The number of hydrogen-bond donors (Lipinski definition) is 1. The number of thioether (sulfide) groups is 1. The van der Waals surface area contributed by atoms with Crippen LogP contribution in [-0.2, 0) is 16.7 Å². The number of carbonyl (C=O) groups excluding carboxylic acids is 1. The van der Waals surface area contributed by atoms with Crippen LogP contribution in [0.1, 0.15) is 11.1 Å². The minimum absolute atomic E-state index is 0.0378. The molecule has 2 aromatic rings. The molecule has 134 valence electrons. The van der Waals surface area contributed by atoms with Gasteiger partial charge in [-0.3, -0.25) is 4.79 Å². The minimum Gasteiger partial charge on any atom is -0.324 e. The molecule has 2 rings (SSSR count). The van der Waals surface area contributed by atoms with Gasteiger partial charge in [-0.1, -0.05) is 40.9 Å². The van der Waals surface area contributed by atoms with E-state index >= 15 is 0 Å². The normalized spacial score (nSPS) is 11.4. The van der Waals surface area contributed by atoms with Gasteiger partial charge in [0, 0.05) is 5.75 Å². The van der Waals surface area contributed by atoms with Gasteiger partial charge >= 0.3 is 6.18 Å². The molecule has 0 spiro atoms. The van der Waals surface area contributed by atoms with Crippen LogP contribution in [0.2, 0.25) is 15.1 Å². The standard InChI is InChI=1S/C16H11Cl3F3NOS/c17-11-3-1-9(5-13(11)19)7-25-8-15(24)23-14-6-10(16(20,21)22)2-4-12(14)18/h1-6H,7-8H2,(H,23,24). The maximum Gasteiger partial charge on any atom is 0.416 e.